The molecule has 1 aliphatic rings. The molecule has 4 heterocycles. The zero-order valence-electron chi connectivity index (χ0n) is 18.8. The Morgan fingerprint density at radius 1 is 1.12 bits per heavy atom. The number of aryl methyl sites for hydroxylation is 1. The van der Waals surface area contributed by atoms with Gasteiger partial charge in [-0.3, -0.25) is 9.67 Å². The number of carboxylic acid groups (broad SMARTS) is 1. The van der Waals surface area contributed by atoms with Gasteiger partial charge in [-0.05, 0) is 61.2 Å². The van der Waals surface area contributed by atoms with Crippen LogP contribution in [0.2, 0.25) is 0 Å². The van der Waals surface area contributed by atoms with Gasteiger partial charge in [0, 0.05) is 61.2 Å². The van der Waals surface area contributed by atoms with Crippen LogP contribution < -0.4 is 5.32 Å². The number of amides is 1. The topological polar surface area (TPSA) is 109 Å². The minimum Gasteiger partial charge on any atom is -0.465 e. The predicted molar refractivity (Wildman–Crippen MR) is 129 cm³/mol. The minimum atomic E-state index is -0.867. The first-order chi connectivity index (χ1) is 16.6. The number of hydrogen-bond donors (Lipinski definition) is 2. The van der Waals surface area contributed by atoms with E-state index in [1.807, 2.05) is 42.1 Å². The first-order valence-corrected chi connectivity index (χ1v) is 11.3. The van der Waals surface area contributed by atoms with Crippen molar-refractivity contribution in [2.45, 2.75) is 26.3 Å². The molecule has 1 aromatic carbocycles. The molecule has 0 radical (unpaired) electrons. The normalized spacial score (nSPS) is 13.3. The highest BCUT2D eigenvalue weighted by Crippen LogP contribution is 2.30. The van der Waals surface area contributed by atoms with Crippen LogP contribution in [0.25, 0.3) is 22.5 Å². The van der Waals surface area contributed by atoms with E-state index in [4.69, 9.17) is 10.1 Å². The van der Waals surface area contributed by atoms with Gasteiger partial charge in [0.1, 0.15) is 5.69 Å². The zero-order chi connectivity index (χ0) is 23.5. The molecule has 0 spiro atoms. The number of nitrogens with zero attached hydrogens (tertiary/aromatic N) is 6. The van der Waals surface area contributed by atoms with Gasteiger partial charge >= 0.3 is 6.09 Å². The fraction of sp³-hybridized carbons (Fsp3) is 0.240. The largest absolute Gasteiger partial charge is 0.465 e. The van der Waals surface area contributed by atoms with E-state index in [0.29, 0.717) is 31.9 Å². The smallest absolute Gasteiger partial charge is 0.407 e. The average Bonchev–Trinajstić information content (AvgIpc) is 3.19. The van der Waals surface area contributed by atoms with Crippen LogP contribution in [0.5, 0.6) is 0 Å². The van der Waals surface area contributed by atoms with Crippen LogP contribution in [0.3, 0.4) is 0 Å². The van der Waals surface area contributed by atoms with E-state index in [0.717, 1.165) is 40.3 Å². The second kappa shape index (κ2) is 9.30. The number of anilines is 2. The van der Waals surface area contributed by atoms with E-state index in [-0.39, 0.29) is 0 Å². The van der Waals surface area contributed by atoms with Crippen LogP contribution in [0.4, 0.5) is 16.4 Å². The molecular weight excluding hydrogens is 430 g/mol. The lowest BCUT2D eigenvalue weighted by Crippen LogP contribution is -2.31. The Morgan fingerprint density at radius 3 is 2.74 bits per heavy atom. The molecule has 0 bridgehead atoms. The van der Waals surface area contributed by atoms with Crippen LogP contribution in [-0.2, 0) is 19.4 Å². The summed E-state index contributed by atoms with van der Waals surface area (Å²) in [7, 11) is 0. The van der Waals surface area contributed by atoms with E-state index in [1.165, 1.54) is 10.5 Å². The first kappa shape index (κ1) is 21.6. The molecule has 0 unspecified atom stereocenters. The minimum absolute atomic E-state index is 0.486. The molecule has 0 fully saturated rings. The molecular formula is C25H25N7O2. The Balaban J connectivity index is 1.42. The van der Waals surface area contributed by atoms with Gasteiger partial charge in [-0.25, -0.2) is 14.8 Å². The molecule has 5 rings (SSSR count). The molecule has 0 atom stereocenters. The van der Waals surface area contributed by atoms with Crippen molar-refractivity contribution in [1.82, 2.24) is 29.6 Å². The molecule has 0 aliphatic carbocycles. The highest BCUT2D eigenvalue weighted by molar-refractivity contribution is 5.78. The third-order valence-electron chi connectivity index (χ3n) is 5.99. The van der Waals surface area contributed by atoms with Gasteiger partial charge < -0.3 is 15.3 Å². The molecule has 3 aromatic heterocycles. The van der Waals surface area contributed by atoms with Gasteiger partial charge in [0.05, 0.1) is 5.69 Å². The number of benzene rings is 1. The van der Waals surface area contributed by atoms with Crippen LogP contribution in [0.15, 0.2) is 61.2 Å². The number of aromatic nitrogens is 5. The van der Waals surface area contributed by atoms with Crippen molar-refractivity contribution >= 4 is 17.7 Å². The van der Waals surface area contributed by atoms with Crippen molar-refractivity contribution in [3.8, 4) is 22.5 Å². The summed E-state index contributed by atoms with van der Waals surface area (Å²) in [6.45, 7) is 3.81. The van der Waals surface area contributed by atoms with Crippen LogP contribution in [0.1, 0.15) is 18.1 Å². The molecule has 0 saturated carbocycles. The summed E-state index contributed by atoms with van der Waals surface area (Å²) < 4.78 is 1.89. The van der Waals surface area contributed by atoms with E-state index in [1.54, 1.807) is 18.6 Å². The van der Waals surface area contributed by atoms with Crippen LogP contribution in [0, 0.1) is 0 Å². The molecule has 9 nitrogen and oxygen atoms in total. The van der Waals surface area contributed by atoms with Crippen molar-refractivity contribution in [2.75, 3.05) is 18.4 Å². The first-order valence-electron chi connectivity index (χ1n) is 11.3. The number of rotatable bonds is 5. The number of carbonyl (C=O) groups is 1. The van der Waals surface area contributed by atoms with Crippen molar-refractivity contribution in [3.05, 3.63) is 72.3 Å². The SMILES string of the molecule is CCn1cc(-c2ccnc(Nc3ccc4c(c3)CCN(C(=O)O)CC4)n2)c(-c2cccnc2)n1. The number of nitrogens with one attached hydrogen (secondary N) is 1. The second-order valence-corrected chi connectivity index (χ2v) is 8.13. The Bertz CT molecular complexity index is 1320. The maximum absolute atomic E-state index is 11.3. The molecule has 0 saturated heterocycles. The third-order valence-corrected chi connectivity index (χ3v) is 5.99. The standard InChI is InChI=1S/C25H25N7O2/c1-2-32-16-21(23(30-32)19-4-3-10-26-15-19)22-7-11-27-24(29-22)28-20-6-5-17-8-12-31(25(33)34)13-9-18(17)14-20/h3-7,10-11,14-16H,2,8-9,12-13H2,1H3,(H,33,34)(H,27,28,29). The van der Waals surface area contributed by atoms with Gasteiger partial charge in [0.15, 0.2) is 0 Å². The lowest BCUT2D eigenvalue weighted by molar-refractivity contribution is 0.147. The molecule has 4 aromatic rings. The predicted octanol–water partition coefficient (Wildman–Crippen LogP) is 4.24. The molecule has 1 aliphatic heterocycles. The number of fused-ring (bicyclic) bond motifs is 1. The second-order valence-electron chi connectivity index (χ2n) is 8.13. The molecule has 172 valence electrons. The van der Waals surface area contributed by atoms with Gasteiger partial charge in [-0.2, -0.15) is 5.10 Å². The molecule has 1 amide bonds. The average molecular weight is 456 g/mol. The highest BCUT2D eigenvalue weighted by atomic mass is 16.4. The Morgan fingerprint density at radius 2 is 1.97 bits per heavy atom. The monoisotopic (exact) mass is 455 g/mol. The summed E-state index contributed by atoms with van der Waals surface area (Å²) in [6, 6.07) is 11.9. The Hall–Kier alpha value is -4.27. The van der Waals surface area contributed by atoms with Gasteiger partial charge in [0.2, 0.25) is 5.95 Å². The van der Waals surface area contributed by atoms with Crippen molar-refractivity contribution in [3.63, 3.8) is 0 Å². The molecule has 2 N–H and O–H groups in total. The quantitative estimate of drug-likeness (QED) is 0.463. The van der Waals surface area contributed by atoms with E-state index in [9.17, 15) is 9.90 Å². The van der Waals surface area contributed by atoms with Crippen LogP contribution in [-0.4, -0.2) is 53.9 Å². The van der Waals surface area contributed by atoms with E-state index >= 15 is 0 Å². The maximum atomic E-state index is 11.3. The van der Waals surface area contributed by atoms with Crippen LogP contribution >= 0.6 is 0 Å². The summed E-state index contributed by atoms with van der Waals surface area (Å²) in [5.41, 5.74) is 6.63. The Labute approximate surface area is 197 Å². The fourth-order valence-corrected chi connectivity index (χ4v) is 4.18. The van der Waals surface area contributed by atoms with Crippen molar-refractivity contribution in [1.29, 1.82) is 0 Å². The number of pyridine rings is 1. The fourth-order valence-electron chi connectivity index (χ4n) is 4.18. The van der Waals surface area contributed by atoms with E-state index in [2.05, 4.69) is 27.4 Å². The summed E-state index contributed by atoms with van der Waals surface area (Å²) >= 11 is 0. The zero-order valence-corrected chi connectivity index (χ0v) is 18.8. The lowest BCUT2D eigenvalue weighted by atomic mass is 10.0. The number of hydrogen-bond acceptors (Lipinski definition) is 6. The Kier molecular flexibility index (Phi) is 5.90. The highest BCUT2D eigenvalue weighted by Gasteiger charge is 2.18. The maximum Gasteiger partial charge on any atom is 0.407 e. The third kappa shape index (κ3) is 4.45. The summed E-state index contributed by atoms with van der Waals surface area (Å²) in [6.07, 6.45) is 7.79. The van der Waals surface area contributed by atoms with Crippen molar-refractivity contribution < 1.29 is 9.90 Å². The van der Waals surface area contributed by atoms with Gasteiger partial charge in [-0.15, -0.1) is 0 Å². The summed E-state index contributed by atoms with van der Waals surface area (Å²) in [4.78, 5) is 26.2. The van der Waals surface area contributed by atoms with Gasteiger partial charge in [-0.1, -0.05) is 6.07 Å². The molecule has 34 heavy (non-hydrogen) atoms. The van der Waals surface area contributed by atoms with Crippen molar-refractivity contribution in [2.24, 2.45) is 0 Å². The summed E-state index contributed by atoms with van der Waals surface area (Å²) in [5, 5.41) is 17.3. The lowest BCUT2D eigenvalue weighted by Gasteiger charge is -2.15. The van der Waals surface area contributed by atoms with E-state index < -0.39 is 6.09 Å². The molecule has 9 heteroatoms. The summed E-state index contributed by atoms with van der Waals surface area (Å²) in [5.74, 6) is 0.486. The van der Waals surface area contributed by atoms with Gasteiger partial charge in [0.25, 0.3) is 0 Å².